The molecule has 0 radical (unpaired) electrons. The van der Waals surface area contributed by atoms with E-state index in [0.717, 1.165) is 64.4 Å². The van der Waals surface area contributed by atoms with E-state index in [1.165, 1.54) is 33.0 Å². The van der Waals surface area contributed by atoms with Gasteiger partial charge in [-0.2, -0.15) is 5.10 Å². The van der Waals surface area contributed by atoms with Gasteiger partial charge in [0.05, 0.1) is 22.9 Å². The first-order chi connectivity index (χ1) is 21.6. The molecule has 4 aromatic carbocycles. The first-order valence-corrected chi connectivity index (χ1v) is 15.5. The van der Waals surface area contributed by atoms with Gasteiger partial charge in [-0.3, -0.25) is 4.57 Å². The molecule has 0 atom stereocenters. The SMILES string of the molecule is CCc1ccnc(-n2c3ccccc3c3ccc(Oc4cc(C)cc(-n5cc(-c6c(CC)cccc6CC)cn5)c4)cc32)c1. The number of fused-ring (bicyclic) bond motifs is 3. The van der Waals surface area contributed by atoms with Gasteiger partial charge < -0.3 is 4.74 Å². The van der Waals surface area contributed by atoms with Crippen LogP contribution < -0.4 is 4.74 Å². The van der Waals surface area contributed by atoms with Crippen molar-refractivity contribution in [3.63, 3.8) is 0 Å². The number of ether oxygens (including phenoxy) is 1. The minimum absolute atomic E-state index is 0.772. The number of hydrogen-bond donors (Lipinski definition) is 0. The minimum Gasteiger partial charge on any atom is -0.457 e. The summed E-state index contributed by atoms with van der Waals surface area (Å²) >= 11 is 0. The van der Waals surface area contributed by atoms with Gasteiger partial charge in [0.1, 0.15) is 17.3 Å². The lowest BCUT2D eigenvalue weighted by Gasteiger charge is -2.12. The highest BCUT2D eigenvalue weighted by molar-refractivity contribution is 6.09. The standard InChI is InChI=1S/C39H36N4O/c1-5-27-17-18-40-38(21-27)43-36-14-9-8-13-34(36)35-16-15-32(23-37(35)43)44-33-20-26(4)19-31(22-33)42-25-30(24-41-42)39-28(6-2)11-10-12-29(39)7-3/h8-25H,5-7H2,1-4H3. The minimum atomic E-state index is 0.772. The second-order valence-corrected chi connectivity index (χ2v) is 11.3. The largest absolute Gasteiger partial charge is 0.457 e. The Morgan fingerprint density at radius 1 is 0.705 bits per heavy atom. The number of nitrogens with zero attached hydrogens (tertiary/aromatic N) is 4. The van der Waals surface area contributed by atoms with Crippen LogP contribution in [0.2, 0.25) is 0 Å². The zero-order valence-corrected chi connectivity index (χ0v) is 25.7. The van der Waals surface area contributed by atoms with Crippen molar-refractivity contribution < 1.29 is 4.74 Å². The van der Waals surface area contributed by atoms with Crippen molar-refractivity contribution in [1.29, 1.82) is 0 Å². The monoisotopic (exact) mass is 576 g/mol. The maximum Gasteiger partial charge on any atom is 0.137 e. The number of rotatable bonds is 8. The number of pyridine rings is 1. The van der Waals surface area contributed by atoms with Crippen molar-refractivity contribution in [3.8, 4) is 34.1 Å². The van der Waals surface area contributed by atoms with Gasteiger partial charge in [0.15, 0.2) is 0 Å². The molecule has 3 aromatic heterocycles. The average molecular weight is 577 g/mol. The van der Waals surface area contributed by atoms with Gasteiger partial charge in [0.25, 0.3) is 0 Å². The van der Waals surface area contributed by atoms with E-state index in [1.54, 1.807) is 0 Å². The van der Waals surface area contributed by atoms with E-state index in [-0.39, 0.29) is 0 Å². The van der Waals surface area contributed by atoms with Gasteiger partial charge in [0.2, 0.25) is 0 Å². The summed E-state index contributed by atoms with van der Waals surface area (Å²) in [6, 6.07) is 31.9. The molecule has 0 saturated carbocycles. The fraction of sp³-hybridized carbons (Fsp3) is 0.179. The van der Waals surface area contributed by atoms with Crippen LogP contribution in [0.25, 0.3) is 44.4 Å². The number of hydrogen-bond acceptors (Lipinski definition) is 3. The van der Waals surface area contributed by atoms with Gasteiger partial charge >= 0.3 is 0 Å². The van der Waals surface area contributed by atoms with Gasteiger partial charge in [-0.05, 0) is 96.5 Å². The molecule has 0 aliphatic rings. The highest BCUT2D eigenvalue weighted by atomic mass is 16.5. The van der Waals surface area contributed by atoms with Crippen molar-refractivity contribution in [2.45, 2.75) is 47.0 Å². The number of aryl methyl sites for hydroxylation is 4. The Morgan fingerprint density at radius 3 is 2.30 bits per heavy atom. The number of para-hydroxylation sites is 1. The van der Waals surface area contributed by atoms with Crippen LogP contribution >= 0.6 is 0 Å². The molecule has 3 heterocycles. The summed E-state index contributed by atoms with van der Waals surface area (Å²) in [6.45, 7) is 8.69. The molecule has 5 heteroatoms. The van der Waals surface area contributed by atoms with Crippen LogP contribution in [-0.2, 0) is 19.3 Å². The molecule has 0 spiro atoms. The molecule has 0 bridgehead atoms. The van der Waals surface area contributed by atoms with Crippen LogP contribution in [-0.4, -0.2) is 19.3 Å². The molecular formula is C39H36N4O. The highest BCUT2D eigenvalue weighted by Gasteiger charge is 2.16. The molecule has 0 aliphatic carbocycles. The van der Waals surface area contributed by atoms with Crippen LogP contribution in [0.1, 0.15) is 43.0 Å². The second kappa shape index (κ2) is 11.5. The topological polar surface area (TPSA) is 44.9 Å². The quantitative estimate of drug-likeness (QED) is 0.181. The number of benzene rings is 4. The molecule has 0 N–H and O–H groups in total. The third-order valence-corrected chi connectivity index (χ3v) is 8.50. The van der Waals surface area contributed by atoms with E-state index in [2.05, 4.69) is 129 Å². The lowest BCUT2D eigenvalue weighted by atomic mass is 9.94. The summed E-state index contributed by atoms with van der Waals surface area (Å²) in [5.74, 6) is 2.46. The normalized spacial score (nSPS) is 11.5. The maximum absolute atomic E-state index is 6.55. The first-order valence-electron chi connectivity index (χ1n) is 15.5. The molecule has 0 fully saturated rings. The Morgan fingerprint density at radius 2 is 1.50 bits per heavy atom. The van der Waals surface area contributed by atoms with E-state index in [0.29, 0.717) is 0 Å². The highest BCUT2D eigenvalue weighted by Crippen LogP contribution is 2.36. The van der Waals surface area contributed by atoms with E-state index < -0.39 is 0 Å². The van der Waals surface area contributed by atoms with E-state index in [9.17, 15) is 0 Å². The molecule has 7 rings (SSSR count). The maximum atomic E-state index is 6.55. The van der Waals surface area contributed by atoms with Crippen molar-refractivity contribution in [2.75, 3.05) is 0 Å². The fourth-order valence-corrected chi connectivity index (χ4v) is 6.33. The lowest BCUT2D eigenvalue weighted by Crippen LogP contribution is -1.98. The van der Waals surface area contributed by atoms with Crippen molar-refractivity contribution in [1.82, 2.24) is 19.3 Å². The Bertz CT molecular complexity index is 2110. The van der Waals surface area contributed by atoms with Crippen LogP contribution in [0.4, 0.5) is 0 Å². The molecule has 0 aliphatic heterocycles. The Kier molecular flexibility index (Phi) is 7.23. The van der Waals surface area contributed by atoms with E-state index >= 15 is 0 Å². The summed E-state index contributed by atoms with van der Waals surface area (Å²) in [5, 5.41) is 7.14. The van der Waals surface area contributed by atoms with Crippen molar-refractivity contribution in [3.05, 3.63) is 132 Å². The van der Waals surface area contributed by atoms with Crippen LogP contribution in [0.3, 0.4) is 0 Å². The fourth-order valence-electron chi connectivity index (χ4n) is 6.33. The second-order valence-electron chi connectivity index (χ2n) is 11.3. The van der Waals surface area contributed by atoms with Crippen molar-refractivity contribution >= 4 is 21.8 Å². The summed E-state index contributed by atoms with van der Waals surface area (Å²) in [4.78, 5) is 4.76. The third-order valence-electron chi connectivity index (χ3n) is 8.50. The van der Waals surface area contributed by atoms with Crippen LogP contribution in [0.15, 0.2) is 110 Å². The first kappa shape index (κ1) is 27.7. The molecule has 0 amide bonds. The van der Waals surface area contributed by atoms with Crippen molar-refractivity contribution in [2.24, 2.45) is 0 Å². The Hall–Kier alpha value is -5.16. The lowest BCUT2D eigenvalue weighted by molar-refractivity contribution is 0.482. The molecule has 44 heavy (non-hydrogen) atoms. The number of aromatic nitrogens is 4. The molecular weight excluding hydrogens is 540 g/mol. The predicted molar refractivity (Wildman–Crippen MR) is 181 cm³/mol. The predicted octanol–water partition coefficient (Wildman–Crippen LogP) is 9.82. The zero-order valence-electron chi connectivity index (χ0n) is 25.7. The van der Waals surface area contributed by atoms with Gasteiger partial charge in [-0.25, -0.2) is 9.67 Å². The Balaban J connectivity index is 1.27. The third kappa shape index (κ3) is 4.94. The van der Waals surface area contributed by atoms with Gasteiger partial charge in [-0.1, -0.05) is 57.2 Å². The molecule has 5 nitrogen and oxygen atoms in total. The zero-order chi connectivity index (χ0) is 30.2. The smallest absolute Gasteiger partial charge is 0.137 e. The molecule has 218 valence electrons. The van der Waals surface area contributed by atoms with E-state index in [4.69, 9.17) is 14.8 Å². The van der Waals surface area contributed by atoms with Crippen LogP contribution in [0, 0.1) is 6.92 Å². The average Bonchev–Trinajstić information content (AvgIpc) is 3.67. The summed E-state index contributed by atoms with van der Waals surface area (Å²) in [7, 11) is 0. The van der Waals surface area contributed by atoms with E-state index in [1.807, 2.05) is 17.1 Å². The molecule has 7 aromatic rings. The van der Waals surface area contributed by atoms with Crippen LogP contribution in [0.5, 0.6) is 11.5 Å². The summed E-state index contributed by atoms with van der Waals surface area (Å²) in [5.41, 5.74) is 10.7. The summed E-state index contributed by atoms with van der Waals surface area (Å²) in [6.07, 6.45) is 8.94. The molecule has 0 saturated heterocycles. The molecule has 0 unspecified atom stereocenters. The van der Waals surface area contributed by atoms with Gasteiger partial charge in [-0.15, -0.1) is 0 Å². The van der Waals surface area contributed by atoms with Gasteiger partial charge in [0, 0.05) is 40.9 Å². The summed E-state index contributed by atoms with van der Waals surface area (Å²) < 4.78 is 10.7. The Labute approximate surface area is 258 Å².